The Balaban J connectivity index is 1.96. The first kappa shape index (κ1) is 14.4. The van der Waals surface area contributed by atoms with Crippen LogP contribution in [0.1, 0.15) is 17.3 Å². The number of morpholine rings is 1. The van der Waals surface area contributed by atoms with E-state index < -0.39 is 0 Å². The van der Waals surface area contributed by atoms with Gasteiger partial charge in [0.05, 0.1) is 24.6 Å². The Labute approximate surface area is 129 Å². The quantitative estimate of drug-likeness (QED) is 0.797. The van der Waals surface area contributed by atoms with Crippen LogP contribution in [0, 0.1) is 0 Å². The number of carbonyl (C=O) groups excluding carboxylic acids is 1. The Bertz CT molecular complexity index is 653. The molecule has 1 fully saturated rings. The van der Waals surface area contributed by atoms with Crippen LogP contribution < -0.4 is 0 Å². The van der Waals surface area contributed by atoms with E-state index in [0.29, 0.717) is 19.0 Å². The molecule has 3 nitrogen and oxygen atoms in total. The van der Waals surface area contributed by atoms with Gasteiger partial charge in [-0.1, -0.05) is 36.4 Å². The van der Waals surface area contributed by atoms with Gasteiger partial charge in [0.15, 0.2) is 0 Å². The molecule has 1 saturated heterocycles. The zero-order chi connectivity index (χ0) is 14.8. The molecule has 1 amide bonds. The lowest BCUT2D eigenvalue weighted by Gasteiger charge is -2.37. The van der Waals surface area contributed by atoms with E-state index in [4.69, 9.17) is 16.3 Å². The van der Waals surface area contributed by atoms with Gasteiger partial charge in [-0.25, -0.2) is 0 Å². The minimum atomic E-state index is -0.0817. The molecule has 2 atom stereocenters. The standard InChI is InChI=1S/C17H18ClNO2/c1-12-11-21-14(9-18)10-19(12)17(20)16-8-4-6-13-5-2-3-7-15(13)16/h2-8,12,14H,9-11H2,1H3. The van der Waals surface area contributed by atoms with Gasteiger partial charge in [-0.3, -0.25) is 4.79 Å². The molecule has 0 aliphatic carbocycles. The number of ether oxygens (including phenoxy) is 1. The summed E-state index contributed by atoms with van der Waals surface area (Å²) in [5.74, 6) is 0.462. The number of carbonyl (C=O) groups is 1. The van der Waals surface area contributed by atoms with Gasteiger partial charge in [0.25, 0.3) is 5.91 Å². The lowest BCUT2D eigenvalue weighted by atomic mass is 10.0. The zero-order valence-electron chi connectivity index (χ0n) is 12.0. The van der Waals surface area contributed by atoms with Gasteiger partial charge in [0, 0.05) is 12.1 Å². The molecule has 1 aliphatic heterocycles. The molecule has 4 heteroatoms. The first-order chi connectivity index (χ1) is 10.2. The Morgan fingerprint density at radius 1 is 1.29 bits per heavy atom. The van der Waals surface area contributed by atoms with E-state index in [1.807, 2.05) is 54.3 Å². The van der Waals surface area contributed by atoms with E-state index in [0.717, 1.165) is 16.3 Å². The summed E-state index contributed by atoms with van der Waals surface area (Å²) in [6.45, 7) is 3.09. The van der Waals surface area contributed by atoms with Crippen molar-refractivity contribution in [1.29, 1.82) is 0 Å². The lowest BCUT2D eigenvalue weighted by molar-refractivity contribution is -0.0371. The van der Waals surface area contributed by atoms with Gasteiger partial charge in [0.1, 0.15) is 0 Å². The maximum Gasteiger partial charge on any atom is 0.254 e. The van der Waals surface area contributed by atoms with Crippen LogP contribution in [-0.4, -0.2) is 42.0 Å². The van der Waals surface area contributed by atoms with Crippen LogP contribution in [-0.2, 0) is 4.74 Å². The van der Waals surface area contributed by atoms with E-state index in [1.165, 1.54) is 0 Å². The van der Waals surface area contributed by atoms with Crippen molar-refractivity contribution in [3.8, 4) is 0 Å². The first-order valence-electron chi connectivity index (χ1n) is 7.17. The third-order valence-electron chi connectivity index (χ3n) is 3.96. The molecular formula is C17H18ClNO2. The maximum atomic E-state index is 12.9. The van der Waals surface area contributed by atoms with E-state index in [2.05, 4.69) is 0 Å². The second-order valence-electron chi connectivity index (χ2n) is 5.44. The van der Waals surface area contributed by atoms with Crippen molar-refractivity contribution in [2.24, 2.45) is 0 Å². The molecule has 110 valence electrons. The van der Waals surface area contributed by atoms with E-state index in [9.17, 15) is 4.79 Å². The van der Waals surface area contributed by atoms with Gasteiger partial charge in [0.2, 0.25) is 0 Å². The maximum absolute atomic E-state index is 12.9. The molecule has 3 rings (SSSR count). The highest BCUT2D eigenvalue weighted by molar-refractivity contribution is 6.18. The molecule has 1 heterocycles. The Kier molecular flexibility index (Phi) is 4.13. The molecule has 0 N–H and O–H groups in total. The summed E-state index contributed by atoms with van der Waals surface area (Å²) in [6.07, 6.45) is -0.0817. The predicted octanol–water partition coefficient (Wildman–Crippen LogP) is 3.31. The van der Waals surface area contributed by atoms with Crippen LogP contribution >= 0.6 is 11.6 Å². The summed E-state index contributed by atoms with van der Waals surface area (Å²) in [6, 6.07) is 13.9. The minimum Gasteiger partial charge on any atom is -0.373 e. The normalized spacial score (nSPS) is 22.5. The predicted molar refractivity (Wildman–Crippen MR) is 84.9 cm³/mol. The largest absolute Gasteiger partial charge is 0.373 e. The van der Waals surface area contributed by atoms with Gasteiger partial charge in [-0.2, -0.15) is 0 Å². The molecule has 0 bridgehead atoms. The molecule has 0 saturated carbocycles. The first-order valence-corrected chi connectivity index (χ1v) is 7.70. The lowest BCUT2D eigenvalue weighted by Crippen LogP contribution is -2.51. The van der Waals surface area contributed by atoms with Gasteiger partial charge in [-0.05, 0) is 23.8 Å². The van der Waals surface area contributed by atoms with E-state index in [-0.39, 0.29) is 18.1 Å². The van der Waals surface area contributed by atoms with Gasteiger partial charge >= 0.3 is 0 Å². The van der Waals surface area contributed by atoms with Crippen LogP contribution in [0.4, 0.5) is 0 Å². The Hall–Kier alpha value is -1.58. The Morgan fingerprint density at radius 2 is 2.05 bits per heavy atom. The number of hydrogen-bond donors (Lipinski definition) is 0. The number of fused-ring (bicyclic) bond motifs is 1. The molecule has 0 radical (unpaired) electrons. The van der Waals surface area contributed by atoms with Crippen molar-refractivity contribution >= 4 is 28.3 Å². The minimum absolute atomic E-state index is 0.0534. The number of rotatable bonds is 2. The molecule has 2 unspecified atom stereocenters. The van der Waals surface area contributed by atoms with Crippen molar-refractivity contribution in [1.82, 2.24) is 4.90 Å². The van der Waals surface area contributed by atoms with Crippen LogP contribution in [0.25, 0.3) is 10.8 Å². The SMILES string of the molecule is CC1COC(CCl)CN1C(=O)c1cccc2ccccc12. The highest BCUT2D eigenvalue weighted by Crippen LogP contribution is 2.23. The fraction of sp³-hybridized carbons (Fsp3) is 0.353. The third kappa shape index (κ3) is 2.76. The van der Waals surface area contributed by atoms with Crippen LogP contribution in [0.15, 0.2) is 42.5 Å². The number of halogens is 1. The molecule has 1 aliphatic rings. The summed E-state index contributed by atoms with van der Waals surface area (Å²) < 4.78 is 5.62. The third-order valence-corrected chi connectivity index (χ3v) is 4.30. The van der Waals surface area contributed by atoms with Crippen LogP contribution in [0.2, 0.25) is 0 Å². The van der Waals surface area contributed by atoms with Crippen molar-refractivity contribution < 1.29 is 9.53 Å². The van der Waals surface area contributed by atoms with E-state index >= 15 is 0 Å². The highest BCUT2D eigenvalue weighted by atomic mass is 35.5. The highest BCUT2D eigenvalue weighted by Gasteiger charge is 2.30. The molecular weight excluding hydrogens is 286 g/mol. The van der Waals surface area contributed by atoms with Crippen LogP contribution in [0.5, 0.6) is 0 Å². The topological polar surface area (TPSA) is 29.5 Å². The molecule has 21 heavy (non-hydrogen) atoms. The molecule has 2 aromatic carbocycles. The smallest absolute Gasteiger partial charge is 0.254 e. The summed E-state index contributed by atoms with van der Waals surface area (Å²) in [7, 11) is 0. The molecule has 2 aromatic rings. The van der Waals surface area contributed by atoms with Crippen LogP contribution in [0.3, 0.4) is 0 Å². The zero-order valence-corrected chi connectivity index (χ0v) is 12.7. The van der Waals surface area contributed by atoms with Crippen molar-refractivity contribution in [2.75, 3.05) is 19.0 Å². The fourth-order valence-electron chi connectivity index (χ4n) is 2.76. The number of hydrogen-bond acceptors (Lipinski definition) is 2. The van der Waals surface area contributed by atoms with E-state index in [1.54, 1.807) is 0 Å². The van der Waals surface area contributed by atoms with Gasteiger partial charge < -0.3 is 9.64 Å². The summed E-state index contributed by atoms with van der Waals surface area (Å²) in [5, 5.41) is 2.07. The Morgan fingerprint density at radius 3 is 2.86 bits per heavy atom. The van der Waals surface area contributed by atoms with Crippen molar-refractivity contribution in [2.45, 2.75) is 19.1 Å². The number of nitrogens with zero attached hydrogens (tertiary/aromatic N) is 1. The van der Waals surface area contributed by atoms with Crippen molar-refractivity contribution in [3.63, 3.8) is 0 Å². The summed E-state index contributed by atoms with van der Waals surface area (Å²) in [5.41, 5.74) is 0.746. The average Bonchev–Trinajstić information content (AvgIpc) is 2.54. The fourth-order valence-corrected chi connectivity index (χ4v) is 2.95. The number of amides is 1. The average molecular weight is 304 g/mol. The summed E-state index contributed by atoms with van der Waals surface area (Å²) >= 11 is 5.88. The summed E-state index contributed by atoms with van der Waals surface area (Å²) in [4.78, 5) is 14.8. The molecule has 0 spiro atoms. The second-order valence-corrected chi connectivity index (χ2v) is 5.75. The van der Waals surface area contributed by atoms with Gasteiger partial charge in [-0.15, -0.1) is 11.6 Å². The number of benzene rings is 2. The molecule has 0 aromatic heterocycles. The monoisotopic (exact) mass is 303 g/mol. The van der Waals surface area contributed by atoms with Crippen molar-refractivity contribution in [3.05, 3.63) is 48.0 Å². The second kappa shape index (κ2) is 6.04. The number of alkyl halides is 1.